The third-order valence-electron chi connectivity index (χ3n) is 8.20. The number of hydrogen-bond donors (Lipinski definition) is 2. The Labute approximate surface area is 233 Å². The normalized spacial score (nSPS) is 18.7. The van der Waals surface area contributed by atoms with Gasteiger partial charge in [-0.15, -0.1) is 0 Å². The molecule has 41 heavy (non-hydrogen) atoms. The number of aromatic carboxylic acids is 1. The van der Waals surface area contributed by atoms with Crippen molar-refractivity contribution in [2.75, 3.05) is 36.5 Å². The number of aryl methyl sites for hydroxylation is 1. The number of nitrogens with zero attached hydrogens (tertiary/aromatic N) is 3. The molecule has 0 spiro atoms. The number of carboxylic acids is 1. The molecule has 1 aromatic heterocycles. The van der Waals surface area contributed by atoms with Crippen LogP contribution in [-0.2, 0) is 22.4 Å². The molecule has 2 aromatic carbocycles. The van der Waals surface area contributed by atoms with Gasteiger partial charge in [0.2, 0.25) is 5.43 Å². The molecule has 3 aliphatic rings. The number of amides is 2. The molecule has 12 heteroatoms. The molecular weight excluding hydrogens is 535 g/mol. The van der Waals surface area contributed by atoms with Gasteiger partial charge in [0.1, 0.15) is 11.3 Å². The number of hydrogen-bond acceptors (Lipinski definition) is 7. The molecule has 3 aromatic rings. The van der Waals surface area contributed by atoms with E-state index in [1.54, 1.807) is 10.6 Å². The van der Waals surface area contributed by atoms with Crippen LogP contribution in [0.25, 0.3) is 10.9 Å². The zero-order chi connectivity index (χ0) is 29.2. The van der Waals surface area contributed by atoms with Crippen LogP contribution in [0.3, 0.4) is 0 Å². The highest BCUT2D eigenvalue weighted by Gasteiger charge is 2.37. The fourth-order valence-corrected chi connectivity index (χ4v) is 5.91. The minimum atomic E-state index is -1.36. The van der Waals surface area contributed by atoms with Gasteiger partial charge in [-0.3, -0.25) is 14.5 Å². The van der Waals surface area contributed by atoms with E-state index < -0.39 is 40.9 Å². The van der Waals surface area contributed by atoms with Gasteiger partial charge in [0.05, 0.1) is 24.6 Å². The van der Waals surface area contributed by atoms with Crippen molar-refractivity contribution in [3.8, 4) is 5.75 Å². The lowest BCUT2D eigenvalue weighted by Gasteiger charge is -2.28. The van der Waals surface area contributed by atoms with Gasteiger partial charge in [-0.1, -0.05) is 6.07 Å². The quantitative estimate of drug-likeness (QED) is 0.465. The molecule has 214 valence electrons. The monoisotopic (exact) mass is 564 g/mol. The van der Waals surface area contributed by atoms with Crippen LogP contribution >= 0.6 is 0 Å². The zero-order valence-corrected chi connectivity index (χ0v) is 22.6. The number of methoxy groups -OCH3 is 1. The molecule has 0 radical (unpaired) electrons. The molecule has 6 rings (SSSR count). The van der Waals surface area contributed by atoms with E-state index in [1.165, 1.54) is 25.1 Å². The Morgan fingerprint density at radius 2 is 1.85 bits per heavy atom. The predicted octanol–water partition coefficient (Wildman–Crippen LogP) is 2.91. The third-order valence-corrected chi connectivity index (χ3v) is 8.20. The Kier molecular flexibility index (Phi) is 6.35. The van der Waals surface area contributed by atoms with Gasteiger partial charge in [-0.2, -0.15) is 0 Å². The fourth-order valence-electron chi connectivity index (χ4n) is 5.91. The molecule has 0 bridgehead atoms. The summed E-state index contributed by atoms with van der Waals surface area (Å²) in [4.78, 5) is 52.2. The van der Waals surface area contributed by atoms with Crippen LogP contribution in [-0.4, -0.2) is 60.5 Å². The number of primary amides is 1. The Balaban J connectivity index is 1.39. The van der Waals surface area contributed by atoms with Crippen molar-refractivity contribution in [2.24, 2.45) is 5.73 Å². The number of ether oxygens (including phenoxy) is 2. The molecule has 1 unspecified atom stereocenters. The van der Waals surface area contributed by atoms with Crippen molar-refractivity contribution >= 4 is 40.2 Å². The SMILES string of the molecule is COc1c(N2CCc3ccc(N4CC(C(N)=O)OC4=O)cc3CC2)c(F)c(C)c2c(=O)c(C(=O)O)cn(C3CC3)c12. The number of anilines is 2. The number of carbonyl (C=O) groups excluding carboxylic acids is 2. The topological polar surface area (TPSA) is 144 Å². The average molecular weight is 565 g/mol. The van der Waals surface area contributed by atoms with Gasteiger partial charge in [-0.25, -0.2) is 14.0 Å². The smallest absolute Gasteiger partial charge is 0.415 e. The number of rotatable bonds is 6. The summed E-state index contributed by atoms with van der Waals surface area (Å²) in [5.74, 6) is -2.49. The maximum atomic E-state index is 16.2. The second kappa shape index (κ2) is 9.79. The van der Waals surface area contributed by atoms with E-state index in [4.69, 9.17) is 15.2 Å². The molecule has 3 N–H and O–H groups in total. The predicted molar refractivity (Wildman–Crippen MR) is 148 cm³/mol. The fraction of sp³-hybridized carbons (Fsp3) is 0.379. The first-order valence-electron chi connectivity index (χ1n) is 13.4. The lowest BCUT2D eigenvalue weighted by molar-refractivity contribution is -0.124. The van der Waals surface area contributed by atoms with Crippen LogP contribution in [0.5, 0.6) is 5.75 Å². The minimum Gasteiger partial charge on any atom is -0.492 e. The first-order chi connectivity index (χ1) is 19.6. The van der Waals surface area contributed by atoms with E-state index in [2.05, 4.69) is 0 Å². The molecular formula is C29H29FN4O7. The summed E-state index contributed by atoms with van der Waals surface area (Å²) < 4.78 is 28.8. The highest BCUT2D eigenvalue weighted by molar-refractivity contribution is 5.99. The second-order valence-corrected chi connectivity index (χ2v) is 10.7. The van der Waals surface area contributed by atoms with E-state index in [9.17, 15) is 24.3 Å². The van der Waals surface area contributed by atoms with Gasteiger partial charge in [0.15, 0.2) is 17.7 Å². The van der Waals surface area contributed by atoms with E-state index in [0.29, 0.717) is 37.1 Å². The highest BCUT2D eigenvalue weighted by atomic mass is 19.1. The van der Waals surface area contributed by atoms with Crippen LogP contribution in [0, 0.1) is 12.7 Å². The van der Waals surface area contributed by atoms with Crippen LogP contribution in [0.4, 0.5) is 20.6 Å². The summed E-state index contributed by atoms with van der Waals surface area (Å²) >= 11 is 0. The minimum absolute atomic E-state index is 0.000981. The second-order valence-electron chi connectivity index (χ2n) is 10.7. The lowest BCUT2D eigenvalue weighted by Crippen LogP contribution is -2.32. The van der Waals surface area contributed by atoms with Gasteiger partial charge < -0.3 is 29.8 Å². The molecule has 2 amide bonds. The summed E-state index contributed by atoms with van der Waals surface area (Å²) in [6.45, 7) is 2.41. The molecule has 2 fully saturated rings. The van der Waals surface area contributed by atoms with Gasteiger partial charge in [0.25, 0.3) is 5.91 Å². The molecule has 3 heterocycles. The number of carbonyl (C=O) groups is 3. The summed E-state index contributed by atoms with van der Waals surface area (Å²) in [5, 5.41) is 9.68. The van der Waals surface area contributed by atoms with Crippen molar-refractivity contribution in [3.63, 3.8) is 0 Å². The molecule has 2 aliphatic heterocycles. The molecule has 11 nitrogen and oxygen atoms in total. The average Bonchev–Trinajstić information content (AvgIpc) is 3.74. The van der Waals surface area contributed by atoms with Crippen molar-refractivity contribution in [1.82, 2.24) is 4.57 Å². The van der Waals surface area contributed by atoms with E-state index in [-0.39, 0.29) is 35.0 Å². The Bertz CT molecular complexity index is 1700. The van der Waals surface area contributed by atoms with Crippen molar-refractivity contribution in [3.05, 3.63) is 62.7 Å². The van der Waals surface area contributed by atoms with Crippen LogP contribution in [0.15, 0.2) is 29.2 Å². The standard InChI is InChI=1S/C29H29FN4O7/c1-14-21-23(33(17-5-6-17)12-19(25(21)35)28(37)38)26(40-2)24(22(14)30)32-9-7-15-3-4-18(11-16(15)8-10-32)34-13-20(27(31)36)41-29(34)39/h3-4,11-12,17,20H,5-10,13H2,1-2H3,(H2,31,36)(H,37,38). The molecule has 1 saturated carbocycles. The number of nitrogens with two attached hydrogens (primary N) is 1. The van der Waals surface area contributed by atoms with Crippen LogP contribution in [0.1, 0.15) is 45.9 Å². The summed E-state index contributed by atoms with van der Waals surface area (Å²) in [7, 11) is 1.42. The Hall–Kier alpha value is -4.61. The number of fused-ring (bicyclic) bond motifs is 2. The highest BCUT2D eigenvalue weighted by Crippen LogP contribution is 2.45. The van der Waals surface area contributed by atoms with Gasteiger partial charge >= 0.3 is 12.1 Å². The summed E-state index contributed by atoms with van der Waals surface area (Å²) in [5.41, 5.74) is 7.48. The number of benzene rings is 2. The Morgan fingerprint density at radius 3 is 2.46 bits per heavy atom. The summed E-state index contributed by atoms with van der Waals surface area (Å²) in [6, 6.07) is 5.58. The maximum absolute atomic E-state index is 16.2. The largest absolute Gasteiger partial charge is 0.492 e. The van der Waals surface area contributed by atoms with E-state index in [1.807, 2.05) is 17.0 Å². The van der Waals surface area contributed by atoms with Crippen molar-refractivity contribution < 1.29 is 33.4 Å². The molecule has 1 saturated heterocycles. The number of pyridine rings is 1. The van der Waals surface area contributed by atoms with Gasteiger partial charge in [-0.05, 0) is 55.9 Å². The number of halogens is 1. The van der Waals surface area contributed by atoms with Crippen molar-refractivity contribution in [2.45, 2.75) is 44.8 Å². The lowest BCUT2D eigenvalue weighted by atomic mass is 10.0. The third kappa shape index (κ3) is 4.34. The number of cyclic esters (lactones) is 1. The van der Waals surface area contributed by atoms with E-state index >= 15 is 4.39 Å². The first kappa shape index (κ1) is 26.6. The number of carboxylic acid groups (broad SMARTS) is 1. The molecule has 1 aliphatic carbocycles. The Morgan fingerprint density at radius 1 is 1.15 bits per heavy atom. The summed E-state index contributed by atoms with van der Waals surface area (Å²) in [6.07, 6.45) is 2.43. The molecule has 1 atom stereocenters. The first-order valence-corrected chi connectivity index (χ1v) is 13.4. The van der Waals surface area contributed by atoms with Gasteiger partial charge in [0, 0.05) is 36.6 Å². The zero-order valence-electron chi connectivity index (χ0n) is 22.6. The van der Waals surface area contributed by atoms with Crippen LogP contribution in [0.2, 0.25) is 0 Å². The van der Waals surface area contributed by atoms with E-state index in [0.717, 1.165) is 24.0 Å². The van der Waals surface area contributed by atoms with Crippen molar-refractivity contribution in [1.29, 1.82) is 0 Å². The maximum Gasteiger partial charge on any atom is 0.415 e. The number of aromatic nitrogens is 1. The van der Waals surface area contributed by atoms with Crippen LogP contribution < -0.4 is 25.7 Å².